The third-order valence-corrected chi connectivity index (χ3v) is 8.86. The second kappa shape index (κ2) is 1.24. The van der Waals surface area contributed by atoms with Crippen molar-refractivity contribution in [3.05, 3.63) is 0 Å². The quantitative estimate of drug-likeness (QED) is 0.669. The Morgan fingerprint density at radius 3 is 1.75 bits per heavy atom. The Balaban J connectivity index is 1.84. The maximum absolute atomic E-state index is 10.0. The lowest BCUT2D eigenvalue weighted by Crippen LogP contribution is -2.93. The molecular weight excluding hydrogens is 284 g/mol. The van der Waals surface area contributed by atoms with E-state index in [0.29, 0.717) is 10.2 Å². The highest BCUT2D eigenvalue weighted by Gasteiger charge is 3.04. The van der Waals surface area contributed by atoms with Gasteiger partial charge in [-0.1, -0.05) is 31.9 Å². The van der Waals surface area contributed by atoms with Crippen LogP contribution in [0.3, 0.4) is 0 Å². The van der Waals surface area contributed by atoms with Crippen LogP contribution in [-0.4, -0.2) is 19.9 Å². The highest BCUT2D eigenvalue weighted by Crippen LogP contribution is 3.00. The van der Waals surface area contributed by atoms with Crippen molar-refractivity contribution in [2.75, 3.05) is 0 Å². The molecule has 1 N–H and O–H groups in total. The van der Waals surface area contributed by atoms with E-state index in [4.69, 9.17) is 0 Å². The molecule has 0 aromatic heterocycles. The summed E-state index contributed by atoms with van der Waals surface area (Å²) in [5.74, 6) is 4.89. The average molecular weight is 292 g/mol. The first kappa shape index (κ1) is 6.41. The van der Waals surface area contributed by atoms with Crippen LogP contribution >= 0.6 is 31.9 Å². The Morgan fingerprint density at radius 2 is 1.33 bits per heavy atom. The molecule has 0 aromatic rings. The van der Waals surface area contributed by atoms with Crippen molar-refractivity contribution in [1.82, 2.24) is 0 Å². The van der Waals surface area contributed by atoms with Crippen LogP contribution in [0.1, 0.15) is 0 Å². The van der Waals surface area contributed by atoms with E-state index in [1.165, 1.54) is 0 Å². The first-order chi connectivity index (χ1) is 5.64. The molecule has 2 bridgehead atoms. The molecule has 3 heteroatoms. The van der Waals surface area contributed by atoms with E-state index in [1.807, 2.05) is 0 Å². The summed E-state index contributed by atoms with van der Waals surface area (Å²) in [6.45, 7) is 0. The molecule has 6 aliphatic rings. The lowest BCUT2D eigenvalue weighted by Gasteiger charge is -2.90. The van der Waals surface area contributed by atoms with E-state index in [2.05, 4.69) is 31.9 Å². The van der Waals surface area contributed by atoms with Crippen molar-refractivity contribution >= 4 is 31.9 Å². The Kier molecular flexibility index (Phi) is 0.660. The third-order valence-electron chi connectivity index (χ3n) is 5.75. The maximum atomic E-state index is 10.0. The summed E-state index contributed by atoms with van der Waals surface area (Å²) in [5, 5.41) is 10.0. The van der Waals surface area contributed by atoms with Gasteiger partial charge >= 0.3 is 0 Å². The molecule has 0 saturated heterocycles. The topological polar surface area (TPSA) is 20.2 Å². The van der Waals surface area contributed by atoms with E-state index < -0.39 is 0 Å². The van der Waals surface area contributed by atoms with Crippen LogP contribution in [0, 0.1) is 35.5 Å². The number of aliphatic hydroxyl groups is 1. The molecule has 6 fully saturated rings. The minimum Gasteiger partial charge on any atom is -0.391 e. The van der Waals surface area contributed by atoms with Crippen molar-refractivity contribution < 1.29 is 5.11 Å². The second-order valence-electron chi connectivity index (χ2n) is 5.31. The minimum atomic E-state index is -0.0214. The molecule has 0 spiro atoms. The average Bonchev–Trinajstić information content (AvgIpc) is 2.21. The summed E-state index contributed by atoms with van der Waals surface area (Å²) in [4.78, 5) is 0. The maximum Gasteiger partial charge on any atom is 0.0733 e. The van der Waals surface area contributed by atoms with Gasteiger partial charge in [0.05, 0.1) is 10.4 Å². The summed E-state index contributed by atoms with van der Waals surface area (Å²) in [7, 11) is 0. The molecule has 0 aromatic carbocycles. The van der Waals surface area contributed by atoms with Gasteiger partial charge in [-0.3, -0.25) is 0 Å². The first-order valence-corrected chi connectivity index (χ1v) is 6.29. The number of halogens is 2. The second-order valence-corrected chi connectivity index (χ2v) is 8.05. The van der Waals surface area contributed by atoms with Crippen LogP contribution in [0.25, 0.3) is 0 Å². The fourth-order valence-electron chi connectivity index (χ4n) is 5.66. The largest absolute Gasteiger partial charge is 0.391 e. The minimum absolute atomic E-state index is 0.0214. The molecule has 6 rings (SSSR count). The Hall–Kier alpha value is 0.920. The normalized spacial score (nSPS) is 95.8. The lowest BCUT2D eigenvalue weighted by molar-refractivity contribution is -0.337. The lowest BCUT2D eigenvalue weighted by atomic mass is 9.20. The Bertz CT molecular complexity index is 315. The van der Waals surface area contributed by atoms with Gasteiger partial charge in [0.1, 0.15) is 0 Å². The number of aliphatic hydroxyl groups excluding tert-OH is 1. The number of alkyl halides is 2. The number of hydrogen-bond acceptors (Lipinski definition) is 1. The van der Waals surface area contributed by atoms with Crippen molar-refractivity contribution in [3.63, 3.8) is 0 Å². The number of rotatable bonds is 0. The molecule has 6 aliphatic carbocycles. The van der Waals surface area contributed by atoms with Gasteiger partial charge < -0.3 is 5.11 Å². The van der Waals surface area contributed by atoms with Gasteiger partial charge in [0.15, 0.2) is 0 Å². The molecule has 12 heavy (non-hydrogen) atoms. The third kappa shape index (κ3) is 0.255. The van der Waals surface area contributed by atoms with Gasteiger partial charge in [-0.25, -0.2) is 0 Å². The number of hydrogen-bond donors (Lipinski definition) is 1. The fourth-order valence-corrected chi connectivity index (χ4v) is 8.85. The molecule has 9 atom stereocenters. The fraction of sp³-hybridized carbons (Fsp3) is 1.00. The highest BCUT2D eigenvalue weighted by atomic mass is 79.9. The zero-order valence-corrected chi connectivity index (χ0v) is 9.42. The SMILES string of the molecule is O[C@@H]1C2[C@H]3[C@H]4C5[C@@H]([C@H]2C53Br)C14Br. The predicted octanol–water partition coefficient (Wildman–Crippen LogP) is 1.38. The zero-order valence-electron chi connectivity index (χ0n) is 6.24. The van der Waals surface area contributed by atoms with Crippen LogP contribution in [-0.2, 0) is 0 Å². The molecule has 0 amide bonds. The first-order valence-electron chi connectivity index (χ1n) is 4.70. The summed E-state index contributed by atoms with van der Waals surface area (Å²) >= 11 is 7.70. The molecular formula is C9H8Br2O. The molecule has 0 aliphatic heterocycles. The summed E-state index contributed by atoms with van der Waals surface area (Å²) < 4.78 is 0.717. The van der Waals surface area contributed by atoms with Crippen LogP contribution in [0.4, 0.5) is 0 Å². The van der Waals surface area contributed by atoms with Crippen molar-refractivity contribution in [2.24, 2.45) is 35.5 Å². The molecule has 0 radical (unpaired) electrons. The van der Waals surface area contributed by atoms with Crippen molar-refractivity contribution in [1.29, 1.82) is 0 Å². The smallest absolute Gasteiger partial charge is 0.0733 e. The van der Waals surface area contributed by atoms with E-state index in [0.717, 1.165) is 29.6 Å². The van der Waals surface area contributed by atoms with Crippen molar-refractivity contribution in [3.8, 4) is 0 Å². The summed E-state index contributed by atoms with van der Waals surface area (Å²) in [6.07, 6.45) is -0.0214. The van der Waals surface area contributed by atoms with E-state index in [1.54, 1.807) is 0 Å². The van der Waals surface area contributed by atoms with Crippen LogP contribution in [0.15, 0.2) is 0 Å². The van der Waals surface area contributed by atoms with Gasteiger partial charge in [-0.2, -0.15) is 0 Å². The molecule has 6 saturated carbocycles. The zero-order chi connectivity index (χ0) is 8.04. The van der Waals surface area contributed by atoms with Crippen LogP contribution in [0.2, 0.25) is 0 Å². The van der Waals surface area contributed by atoms with Gasteiger partial charge in [0.25, 0.3) is 0 Å². The van der Waals surface area contributed by atoms with E-state index in [9.17, 15) is 5.11 Å². The molecule has 1 nitrogen and oxygen atoms in total. The molecule has 4 unspecified atom stereocenters. The van der Waals surface area contributed by atoms with Gasteiger partial charge in [-0.05, 0) is 35.5 Å². The van der Waals surface area contributed by atoms with Crippen molar-refractivity contribution in [2.45, 2.75) is 14.8 Å². The van der Waals surface area contributed by atoms with Gasteiger partial charge in [-0.15, -0.1) is 0 Å². The standard InChI is InChI=1S/C9H8Br2O/c10-8-2-1-3(8)5-6(8)4(2)9(5,11)7(1)12/h1-7,12H/t1?,2-,3-,4-,5+,6?,7+,8?,9?/m0/s1. The molecule has 0 heterocycles. The highest BCUT2D eigenvalue weighted by molar-refractivity contribution is 9.10. The summed E-state index contributed by atoms with van der Waals surface area (Å²) in [6, 6.07) is 0. The van der Waals surface area contributed by atoms with E-state index >= 15 is 0 Å². The van der Waals surface area contributed by atoms with E-state index in [-0.39, 0.29) is 10.4 Å². The molecule has 64 valence electrons. The Labute approximate surface area is 87.2 Å². The van der Waals surface area contributed by atoms with Crippen LogP contribution < -0.4 is 0 Å². The summed E-state index contributed by atoms with van der Waals surface area (Å²) in [5.41, 5.74) is 0. The predicted molar refractivity (Wildman–Crippen MR) is 50.3 cm³/mol. The Morgan fingerprint density at radius 1 is 0.833 bits per heavy atom. The van der Waals surface area contributed by atoms with Gasteiger partial charge in [0.2, 0.25) is 0 Å². The monoisotopic (exact) mass is 290 g/mol. The van der Waals surface area contributed by atoms with Crippen LogP contribution in [0.5, 0.6) is 0 Å². The van der Waals surface area contributed by atoms with Gasteiger partial charge in [0, 0.05) is 4.32 Å².